The fourth-order valence-corrected chi connectivity index (χ4v) is 4.56. The number of aromatic nitrogens is 1. The lowest BCUT2D eigenvalue weighted by Crippen LogP contribution is -2.53. The average Bonchev–Trinajstić information content (AvgIpc) is 3.23. The first-order valence-electron chi connectivity index (χ1n) is 9.55. The Bertz CT molecular complexity index is 906. The molecule has 0 radical (unpaired) electrons. The van der Waals surface area contributed by atoms with Gasteiger partial charge in [-0.25, -0.2) is 13.4 Å². The van der Waals surface area contributed by atoms with E-state index in [1.165, 1.54) is 10.6 Å². The van der Waals surface area contributed by atoms with Gasteiger partial charge in [-0.15, -0.1) is 0 Å². The minimum absolute atomic E-state index is 0.145. The van der Waals surface area contributed by atoms with Crippen molar-refractivity contribution in [3.63, 3.8) is 0 Å². The van der Waals surface area contributed by atoms with Crippen molar-refractivity contribution in [2.75, 3.05) is 39.8 Å². The Morgan fingerprint density at radius 2 is 2.07 bits per heavy atom. The molecular weight excluding hydrogens is 394 g/mol. The van der Waals surface area contributed by atoms with Gasteiger partial charge in [0.25, 0.3) is 0 Å². The number of methoxy groups -OCH3 is 1. The van der Waals surface area contributed by atoms with E-state index in [-0.39, 0.29) is 5.75 Å². The molecular formula is C19H27N5O4S. The van der Waals surface area contributed by atoms with Gasteiger partial charge in [0.05, 0.1) is 19.3 Å². The van der Waals surface area contributed by atoms with E-state index < -0.39 is 10.0 Å². The predicted octanol–water partition coefficient (Wildman–Crippen LogP) is 1.30. The molecule has 10 heteroatoms. The zero-order chi connectivity index (χ0) is 20.7. The van der Waals surface area contributed by atoms with Crippen LogP contribution in [0.3, 0.4) is 0 Å². The Balaban J connectivity index is 1.61. The highest BCUT2D eigenvalue weighted by atomic mass is 32.2. The van der Waals surface area contributed by atoms with Gasteiger partial charge in [0.2, 0.25) is 10.0 Å². The van der Waals surface area contributed by atoms with Gasteiger partial charge < -0.3 is 19.5 Å². The highest BCUT2D eigenvalue weighted by Gasteiger charge is 2.28. The highest BCUT2D eigenvalue weighted by molar-refractivity contribution is 7.88. The molecule has 1 aromatic carbocycles. The van der Waals surface area contributed by atoms with E-state index in [2.05, 4.69) is 15.4 Å². The number of rotatable bonds is 7. The number of hydrogen-bond acceptors (Lipinski definition) is 6. The number of nitrogens with one attached hydrogen (secondary N) is 1. The van der Waals surface area contributed by atoms with Crippen LogP contribution in [0.25, 0.3) is 0 Å². The van der Waals surface area contributed by atoms with Crippen LogP contribution < -0.4 is 10.1 Å². The SMILES string of the molecule is CCNC(=NCc1cccc(OC)c1)N1CCN(S(=O)(=O)Cc2ccon2)CC1. The maximum atomic E-state index is 12.6. The summed E-state index contributed by atoms with van der Waals surface area (Å²) in [6.45, 7) is 5.23. The summed E-state index contributed by atoms with van der Waals surface area (Å²) in [7, 11) is -1.78. The smallest absolute Gasteiger partial charge is 0.220 e. The zero-order valence-corrected chi connectivity index (χ0v) is 17.6. The largest absolute Gasteiger partial charge is 0.497 e. The molecule has 1 aliphatic heterocycles. The normalized spacial score (nSPS) is 16.1. The van der Waals surface area contributed by atoms with Crippen LogP contribution >= 0.6 is 0 Å². The molecule has 29 heavy (non-hydrogen) atoms. The van der Waals surface area contributed by atoms with Gasteiger partial charge in [-0.2, -0.15) is 4.31 Å². The van der Waals surface area contributed by atoms with Crippen molar-refractivity contribution in [1.29, 1.82) is 0 Å². The van der Waals surface area contributed by atoms with Crippen LogP contribution in [0, 0.1) is 0 Å². The van der Waals surface area contributed by atoms with Crippen LogP contribution in [-0.4, -0.2) is 68.6 Å². The molecule has 1 N–H and O–H groups in total. The molecule has 2 aromatic rings. The van der Waals surface area contributed by atoms with E-state index in [0.29, 0.717) is 38.4 Å². The number of hydrogen-bond donors (Lipinski definition) is 1. The molecule has 0 unspecified atom stereocenters. The van der Waals surface area contributed by atoms with E-state index >= 15 is 0 Å². The Morgan fingerprint density at radius 3 is 2.72 bits per heavy atom. The van der Waals surface area contributed by atoms with Crippen LogP contribution in [0.5, 0.6) is 5.75 Å². The summed E-state index contributed by atoms with van der Waals surface area (Å²) >= 11 is 0. The molecule has 1 aromatic heterocycles. The Kier molecular flexibility index (Phi) is 7.10. The molecule has 1 aliphatic rings. The Labute approximate surface area is 171 Å². The summed E-state index contributed by atoms with van der Waals surface area (Å²) in [5, 5.41) is 7.00. The van der Waals surface area contributed by atoms with Crippen molar-refractivity contribution in [1.82, 2.24) is 19.7 Å². The van der Waals surface area contributed by atoms with E-state index in [1.807, 2.05) is 31.2 Å². The van der Waals surface area contributed by atoms with Crippen LogP contribution in [0.1, 0.15) is 18.2 Å². The standard InChI is InChI=1S/C19H27N5O4S/c1-3-20-19(21-14-16-5-4-6-18(13-16)27-2)23-8-10-24(11-9-23)29(25,26)15-17-7-12-28-22-17/h4-7,12-13H,3,8-11,14-15H2,1-2H3,(H,20,21). The first kappa shape index (κ1) is 21.1. The second kappa shape index (κ2) is 9.75. The van der Waals surface area contributed by atoms with Crippen molar-refractivity contribution in [2.24, 2.45) is 4.99 Å². The van der Waals surface area contributed by atoms with Gasteiger partial charge in [-0.3, -0.25) is 0 Å². The molecule has 9 nitrogen and oxygen atoms in total. The summed E-state index contributed by atoms with van der Waals surface area (Å²) in [6.07, 6.45) is 1.38. The number of ether oxygens (including phenoxy) is 1. The molecule has 3 rings (SSSR count). The topological polar surface area (TPSA) is 100 Å². The summed E-state index contributed by atoms with van der Waals surface area (Å²) in [4.78, 5) is 6.81. The fraction of sp³-hybridized carbons (Fsp3) is 0.474. The fourth-order valence-electron chi connectivity index (χ4n) is 3.13. The molecule has 158 valence electrons. The number of sulfonamides is 1. The molecule has 0 amide bonds. The number of aliphatic imine (C=N–C) groups is 1. The summed E-state index contributed by atoms with van der Waals surface area (Å²) in [5.41, 5.74) is 1.47. The number of piperazine rings is 1. The maximum absolute atomic E-state index is 12.6. The third kappa shape index (κ3) is 5.70. The highest BCUT2D eigenvalue weighted by Crippen LogP contribution is 2.15. The first-order valence-corrected chi connectivity index (χ1v) is 11.2. The lowest BCUT2D eigenvalue weighted by atomic mass is 10.2. The van der Waals surface area contributed by atoms with E-state index in [0.717, 1.165) is 23.8 Å². The maximum Gasteiger partial charge on any atom is 0.220 e. The second-order valence-corrected chi connectivity index (χ2v) is 8.62. The van der Waals surface area contributed by atoms with Gasteiger partial charge >= 0.3 is 0 Å². The average molecular weight is 422 g/mol. The monoisotopic (exact) mass is 421 g/mol. The lowest BCUT2D eigenvalue weighted by Gasteiger charge is -2.35. The van der Waals surface area contributed by atoms with Gasteiger partial charge in [0.15, 0.2) is 5.96 Å². The molecule has 0 aliphatic carbocycles. The minimum Gasteiger partial charge on any atom is -0.497 e. The van der Waals surface area contributed by atoms with E-state index in [4.69, 9.17) is 14.3 Å². The molecule has 1 saturated heterocycles. The summed E-state index contributed by atoms with van der Waals surface area (Å²) < 4.78 is 36.7. The molecule has 1 fully saturated rings. The Morgan fingerprint density at radius 1 is 1.28 bits per heavy atom. The summed E-state index contributed by atoms with van der Waals surface area (Å²) in [5.74, 6) is 1.44. The van der Waals surface area contributed by atoms with Crippen molar-refractivity contribution in [2.45, 2.75) is 19.2 Å². The zero-order valence-electron chi connectivity index (χ0n) is 16.7. The van der Waals surface area contributed by atoms with Crippen LogP contribution in [0.4, 0.5) is 0 Å². The van der Waals surface area contributed by atoms with Crippen LogP contribution in [-0.2, 0) is 22.3 Å². The lowest BCUT2D eigenvalue weighted by molar-refractivity contribution is 0.259. The van der Waals surface area contributed by atoms with Crippen molar-refractivity contribution >= 4 is 16.0 Å². The first-order chi connectivity index (χ1) is 14.0. The van der Waals surface area contributed by atoms with Gasteiger partial charge in [0, 0.05) is 38.8 Å². The predicted molar refractivity (Wildman–Crippen MR) is 110 cm³/mol. The third-order valence-corrected chi connectivity index (χ3v) is 6.45. The van der Waals surface area contributed by atoms with Gasteiger partial charge in [-0.05, 0) is 24.6 Å². The Hall–Kier alpha value is -2.59. The molecule has 0 bridgehead atoms. The summed E-state index contributed by atoms with van der Waals surface area (Å²) in [6, 6.07) is 9.38. The molecule has 0 spiro atoms. The number of guanidine groups is 1. The molecule has 2 heterocycles. The molecule has 0 atom stereocenters. The number of nitrogens with zero attached hydrogens (tertiary/aromatic N) is 4. The minimum atomic E-state index is -3.42. The van der Waals surface area contributed by atoms with Gasteiger partial charge in [-0.1, -0.05) is 17.3 Å². The van der Waals surface area contributed by atoms with Crippen molar-refractivity contribution < 1.29 is 17.7 Å². The van der Waals surface area contributed by atoms with Crippen LogP contribution in [0.15, 0.2) is 46.1 Å². The van der Waals surface area contributed by atoms with Crippen molar-refractivity contribution in [3.05, 3.63) is 47.9 Å². The molecule has 0 saturated carbocycles. The van der Waals surface area contributed by atoms with Gasteiger partial charge in [0.1, 0.15) is 17.8 Å². The quantitative estimate of drug-likeness (QED) is 0.531. The third-order valence-electron chi connectivity index (χ3n) is 4.63. The van der Waals surface area contributed by atoms with E-state index in [1.54, 1.807) is 13.2 Å². The van der Waals surface area contributed by atoms with Crippen molar-refractivity contribution in [3.8, 4) is 5.75 Å². The second-order valence-electron chi connectivity index (χ2n) is 6.65. The van der Waals surface area contributed by atoms with Crippen LogP contribution in [0.2, 0.25) is 0 Å². The number of benzene rings is 1. The van der Waals surface area contributed by atoms with E-state index in [9.17, 15) is 8.42 Å².